The number of fused-ring (bicyclic) bond motifs is 19. The standard InChI is InChI=1S/C104H86N2/c1-99(2)87-25-17-13-21-75(87)81-47-39-69(57-93(81)99)105(70-40-48-82-76-22-14-18-26-88(76)100(3,4)94(82)58-70)73-43-51-85-79-45-35-65(55-91(79)103(9,10)97(85)61-73)31-29-63-33-37-68-54-64(34-38-67(68)53-63)30-32-66-36-46-80-86-52-44-74(62-98(86)104(11,12)92(80)56-66)106(71-41-49-83-77-23-15-19-27-89(77)101(5,6)95(83)59-71)72-42-50-84-78-24-16-20-28-90(78)102(7,8)96(84)60-72/h13-62H,1-12H3/b31-29+,32-30+. The molecule has 512 valence electrons. The maximum absolute atomic E-state index is 2.52. The zero-order valence-electron chi connectivity index (χ0n) is 62.8. The molecule has 20 rings (SSSR count). The molecule has 0 fully saturated rings. The van der Waals surface area contributed by atoms with Gasteiger partial charge in [0.1, 0.15) is 0 Å². The molecule has 2 heteroatoms. The SMILES string of the molecule is CC1(C)c2ccccc2-c2ccc(N(c3ccc4c(c3)C(C)(C)c3ccccc3-4)c3ccc4c(c3)C(C)(C)c3cc(/C=C/c5ccc6cc(/C=C/c7ccc8c(c7)C(C)(C)c7cc(N(c9ccc%10c(c9)C(C)(C)c9ccccc9-%10)c9ccc%10c(c9)C(C)(C)c9ccccc9-%10)ccc7-8)ccc6c5)ccc3-4)cc21. The Morgan fingerprint density at radius 3 is 0.594 bits per heavy atom. The first-order chi connectivity index (χ1) is 51.0. The zero-order valence-corrected chi connectivity index (χ0v) is 62.8. The molecule has 14 aromatic carbocycles. The molecular weight excluding hydrogens is 1280 g/mol. The van der Waals surface area contributed by atoms with E-state index in [0.717, 1.165) is 0 Å². The van der Waals surface area contributed by atoms with Crippen LogP contribution in [0.3, 0.4) is 0 Å². The van der Waals surface area contributed by atoms with Gasteiger partial charge in [0.15, 0.2) is 0 Å². The lowest BCUT2D eigenvalue weighted by Crippen LogP contribution is -2.19. The van der Waals surface area contributed by atoms with Crippen molar-refractivity contribution in [3.05, 3.63) is 368 Å². The summed E-state index contributed by atoms with van der Waals surface area (Å²) in [7, 11) is 0. The van der Waals surface area contributed by atoms with Crippen LogP contribution in [0.15, 0.2) is 279 Å². The summed E-state index contributed by atoms with van der Waals surface area (Å²) < 4.78 is 0. The van der Waals surface area contributed by atoms with Gasteiger partial charge >= 0.3 is 0 Å². The minimum atomic E-state index is -0.237. The molecule has 14 aromatic rings. The fourth-order valence-electron chi connectivity index (χ4n) is 20.1. The second-order valence-corrected chi connectivity index (χ2v) is 34.1. The third-order valence-electron chi connectivity index (χ3n) is 26.0. The van der Waals surface area contributed by atoms with E-state index in [1.165, 1.54) is 201 Å². The Kier molecular flexibility index (Phi) is 13.6. The highest BCUT2D eigenvalue weighted by molar-refractivity contribution is 5.96. The number of rotatable bonds is 10. The van der Waals surface area contributed by atoms with Crippen LogP contribution in [-0.4, -0.2) is 0 Å². The number of anilines is 6. The lowest BCUT2D eigenvalue weighted by atomic mass is 9.81. The smallest absolute Gasteiger partial charge is 0.0465 e. The van der Waals surface area contributed by atoms with Crippen molar-refractivity contribution in [1.29, 1.82) is 0 Å². The van der Waals surface area contributed by atoms with Gasteiger partial charge in [-0.2, -0.15) is 0 Å². The average Bonchev–Trinajstić information content (AvgIpc) is 1.50. The van der Waals surface area contributed by atoms with Crippen LogP contribution in [-0.2, 0) is 32.5 Å². The summed E-state index contributed by atoms with van der Waals surface area (Å²) in [4.78, 5) is 5.04. The number of benzene rings is 14. The molecule has 0 radical (unpaired) electrons. The van der Waals surface area contributed by atoms with Crippen molar-refractivity contribution in [3.8, 4) is 66.8 Å². The van der Waals surface area contributed by atoms with Crippen LogP contribution in [0.1, 0.15) is 172 Å². The van der Waals surface area contributed by atoms with Crippen molar-refractivity contribution in [1.82, 2.24) is 0 Å². The molecule has 0 bridgehead atoms. The van der Waals surface area contributed by atoms with Gasteiger partial charge in [-0.3, -0.25) is 0 Å². The van der Waals surface area contributed by atoms with Gasteiger partial charge in [-0.05, 0) is 251 Å². The highest BCUT2D eigenvalue weighted by Gasteiger charge is 2.43. The van der Waals surface area contributed by atoms with Crippen molar-refractivity contribution in [2.75, 3.05) is 9.80 Å². The molecule has 2 nitrogen and oxygen atoms in total. The largest absolute Gasteiger partial charge is 0.310 e. The number of hydrogen-bond donors (Lipinski definition) is 0. The van der Waals surface area contributed by atoms with Gasteiger partial charge in [-0.1, -0.05) is 302 Å². The summed E-state index contributed by atoms with van der Waals surface area (Å²) in [5.41, 5.74) is 43.2. The molecular formula is C104H86N2. The van der Waals surface area contributed by atoms with Crippen LogP contribution in [0, 0.1) is 0 Å². The lowest BCUT2D eigenvalue weighted by Gasteiger charge is -2.31. The Bertz CT molecular complexity index is 5630. The zero-order chi connectivity index (χ0) is 72.3. The molecule has 0 heterocycles. The molecule has 0 saturated carbocycles. The van der Waals surface area contributed by atoms with Gasteiger partial charge in [0.05, 0.1) is 0 Å². The molecule has 0 amide bonds. The van der Waals surface area contributed by atoms with E-state index in [4.69, 9.17) is 0 Å². The van der Waals surface area contributed by atoms with Gasteiger partial charge in [0.2, 0.25) is 0 Å². The van der Waals surface area contributed by atoms with Crippen molar-refractivity contribution in [2.24, 2.45) is 0 Å². The predicted octanol–water partition coefficient (Wildman–Crippen LogP) is 28.0. The van der Waals surface area contributed by atoms with Crippen molar-refractivity contribution < 1.29 is 0 Å². The first-order valence-electron chi connectivity index (χ1n) is 38.1. The van der Waals surface area contributed by atoms with E-state index in [-0.39, 0.29) is 32.5 Å². The fourth-order valence-corrected chi connectivity index (χ4v) is 20.1. The van der Waals surface area contributed by atoms with Gasteiger partial charge in [0.25, 0.3) is 0 Å². The van der Waals surface area contributed by atoms with Gasteiger partial charge in [-0.15, -0.1) is 0 Å². The second kappa shape index (κ2) is 22.5. The molecule has 0 saturated heterocycles. The summed E-state index contributed by atoms with van der Waals surface area (Å²) in [6, 6.07) is 107. The molecule has 0 N–H and O–H groups in total. The quantitative estimate of drug-likeness (QED) is 0.126. The monoisotopic (exact) mass is 1360 g/mol. The minimum Gasteiger partial charge on any atom is -0.310 e. The Hall–Kier alpha value is -11.6. The normalized spacial score (nSPS) is 16.3. The van der Waals surface area contributed by atoms with Gasteiger partial charge < -0.3 is 9.80 Å². The Labute approximate surface area is 625 Å². The average molecular weight is 1360 g/mol. The van der Waals surface area contributed by atoms with Crippen LogP contribution in [0.2, 0.25) is 0 Å². The third-order valence-corrected chi connectivity index (χ3v) is 26.0. The maximum atomic E-state index is 2.52. The van der Waals surface area contributed by atoms with Crippen LogP contribution in [0.25, 0.3) is 102 Å². The third kappa shape index (κ3) is 9.29. The Morgan fingerprint density at radius 1 is 0.170 bits per heavy atom. The second-order valence-electron chi connectivity index (χ2n) is 34.1. The molecule has 0 aliphatic heterocycles. The molecule has 106 heavy (non-hydrogen) atoms. The molecule has 6 aliphatic carbocycles. The van der Waals surface area contributed by atoms with E-state index in [9.17, 15) is 0 Å². The predicted molar refractivity (Wildman–Crippen MR) is 449 cm³/mol. The Morgan fingerprint density at radius 2 is 0.349 bits per heavy atom. The van der Waals surface area contributed by atoms with Gasteiger partial charge in [0, 0.05) is 66.6 Å². The van der Waals surface area contributed by atoms with Crippen molar-refractivity contribution in [2.45, 2.75) is 116 Å². The first kappa shape index (κ1) is 64.1. The summed E-state index contributed by atoms with van der Waals surface area (Å²) in [6.07, 6.45) is 9.14. The summed E-state index contributed by atoms with van der Waals surface area (Å²) in [5.74, 6) is 0. The molecule has 0 aromatic heterocycles. The number of nitrogens with zero attached hydrogens (tertiary/aromatic N) is 2. The minimum absolute atomic E-state index is 0.131. The lowest BCUT2D eigenvalue weighted by molar-refractivity contribution is 0.659. The summed E-state index contributed by atoms with van der Waals surface area (Å²) >= 11 is 0. The maximum Gasteiger partial charge on any atom is 0.0465 e. The van der Waals surface area contributed by atoms with Crippen molar-refractivity contribution in [3.63, 3.8) is 0 Å². The van der Waals surface area contributed by atoms with Crippen molar-refractivity contribution >= 4 is 69.2 Å². The van der Waals surface area contributed by atoms with Crippen LogP contribution < -0.4 is 9.80 Å². The Balaban J connectivity index is 0.562. The molecule has 0 atom stereocenters. The fraction of sp³-hybridized carbons (Fsp3) is 0.173. The molecule has 6 aliphatic rings. The van der Waals surface area contributed by atoms with E-state index in [1.54, 1.807) is 0 Å². The van der Waals surface area contributed by atoms with E-state index in [1.807, 2.05) is 0 Å². The number of hydrogen-bond acceptors (Lipinski definition) is 2. The van der Waals surface area contributed by atoms with Crippen LogP contribution in [0.4, 0.5) is 34.1 Å². The molecule has 0 spiro atoms. The van der Waals surface area contributed by atoms with E-state index >= 15 is 0 Å². The van der Waals surface area contributed by atoms with E-state index in [2.05, 4.69) is 396 Å². The molecule has 0 unspecified atom stereocenters. The van der Waals surface area contributed by atoms with Crippen LogP contribution in [0.5, 0.6) is 0 Å². The van der Waals surface area contributed by atoms with E-state index < -0.39 is 0 Å². The summed E-state index contributed by atoms with van der Waals surface area (Å²) in [6.45, 7) is 28.7. The first-order valence-corrected chi connectivity index (χ1v) is 38.1. The highest BCUT2D eigenvalue weighted by atomic mass is 15.1. The van der Waals surface area contributed by atoms with Crippen LogP contribution >= 0.6 is 0 Å². The summed E-state index contributed by atoms with van der Waals surface area (Å²) in [5, 5.41) is 2.45. The topological polar surface area (TPSA) is 6.48 Å². The van der Waals surface area contributed by atoms with Gasteiger partial charge in [-0.25, -0.2) is 0 Å². The van der Waals surface area contributed by atoms with E-state index in [0.29, 0.717) is 0 Å². The highest BCUT2D eigenvalue weighted by Crippen LogP contribution is 2.59.